The number of carbonyl (C=O) groups excluding carboxylic acids is 3. The molecule has 2 amide bonds. The van der Waals surface area contributed by atoms with E-state index in [-0.39, 0.29) is 10.7 Å². The maximum absolute atomic E-state index is 13.3. The van der Waals surface area contributed by atoms with Gasteiger partial charge >= 0.3 is 5.97 Å². The number of nitrogens with zero attached hydrogens (tertiary/aromatic N) is 2. The Labute approximate surface area is 206 Å². The van der Waals surface area contributed by atoms with Crippen LogP contribution in [0.5, 0.6) is 0 Å². The summed E-state index contributed by atoms with van der Waals surface area (Å²) in [6.45, 7) is 7.65. The fraction of sp³-hybridized carbons (Fsp3) is 0.200. The van der Waals surface area contributed by atoms with E-state index in [2.05, 4.69) is 5.32 Å². The lowest BCUT2D eigenvalue weighted by molar-refractivity contribution is -0.122. The highest BCUT2D eigenvalue weighted by molar-refractivity contribution is 7.80. The van der Waals surface area contributed by atoms with Gasteiger partial charge in [0.15, 0.2) is 5.11 Å². The molecule has 3 heterocycles. The second-order valence-corrected chi connectivity index (χ2v) is 9.50. The molecular formula is C25H23N3O4S2. The van der Waals surface area contributed by atoms with E-state index in [1.165, 1.54) is 23.3 Å². The third-order valence-electron chi connectivity index (χ3n) is 5.85. The number of rotatable bonds is 4. The number of methoxy groups -OCH3 is 1. The van der Waals surface area contributed by atoms with E-state index in [0.717, 1.165) is 26.8 Å². The molecular weight excluding hydrogens is 470 g/mol. The van der Waals surface area contributed by atoms with Gasteiger partial charge in [-0.2, -0.15) is 0 Å². The second-order valence-electron chi connectivity index (χ2n) is 7.91. The number of nitrogens with one attached hydrogen (secondary N) is 1. The van der Waals surface area contributed by atoms with Crippen molar-refractivity contribution in [1.82, 2.24) is 9.88 Å². The molecule has 0 bridgehead atoms. The van der Waals surface area contributed by atoms with Gasteiger partial charge in [0.1, 0.15) is 10.6 Å². The Morgan fingerprint density at radius 2 is 1.79 bits per heavy atom. The van der Waals surface area contributed by atoms with Crippen LogP contribution in [0.2, 0.25) is 0 Å². The average molecular weight is 494 g/mol. The third kappa shape index (κ3) is 3.86. The van der Waals surface area contributed by atoms with Crippen LogP contribution in [-0.2, 0) is 14.3 Å². The zero-order chi connectivity index (χ0) is 24.7. The van der Waals surface area contributed by atoms with Crippen LogP contribution in [0.3, 0.4) is 0 Å². The van der Waals surface area contributed by atoms with Crippen molar-refractivity contribution >= 4 is 58.2 Å². The van der Waals surface area contributed by atoms with Crippen molar-refractivity contribution in [1.29, 1.82) is 0 Å². The van der Waals surface area contributed by atoms with Crippen LogP contribution in [0, 0.1) is 27.7 Å². The number of ether oxygens (including phenoxy) is 1. The van der Waals surface area contributed by atoms with E-state index < -0.39 is 17.8 Å². The molecule has 174 valence electrons. The highest BCUT2D eigenvalue weighted by Crippen LogP contribution is 2.35. The first-order chi connectivity index (χ1) is 16.1. The van der Waals surface area contributed by atoms with Crippen molar-refractivity contribution in [2.24, 2.45) is 0 Å². The Kier molecular flexibility index (Phi) is 6.24. The number of carbonyl (C=O) groups is 3. The highest BCUT2D eigenvalue weighted by Gasteiger charge is 2.35. The van der Waals surface area contributed by atoms with Crippen molar-refractivity contribution in [3.63, 3.8) is 0 Å². The quantitative estimate of drug-likeness (QED) is 0.252. The molecule has 3 aromatic rings. The molecule has 4 rings (SSSR count). The van der Waals surface area contributed by atoms with E-state index in [4.69, 9.17) is 17.0 Å². The second kappa shape index (κ2) is 9.00. The minimum atomic E-state index is -0.551. The number of anilines is 1. The van der Waals surface area contributed by atoms with E-state index in [9.17, 15) is 14.4 Å². The SMILES string of the molecule is COC(=O)c1c(-n2c(C)cc(/C=C3\C(=O)NC(=S)N(c4ccccc4)C3=O)c2C)sc(C)c1C. The number of hydrogen-bond donors (Lipinski definition) is 1. The Hall–Kier alpha value is -3.56. The summed E-state index contributed by atoms with van der Waals surface area (Å²) in [5.74, 6) is -1.45. The van der Waals surface area contributed by atoms with Gasteiger partial charge in [0.2, 0.25) is 0 Å². The van der Waals surface area contributed by atoms with Crippen LogP contribution in [0.15, 0.2) is 42.0 Å². The first kappa shape index (κ1) is 23.6. The minimum absolute atomic E-state index is 0.0237. The first-order valence-corrected chi connectivity index (χ1v) is 11.7. The number of hydrogen-bond acceptors (Lipinski definition) is 6. The molecule has 0 radical (unpaired) electrons. The molecule has 1 fully saturated rings. The molecule has 1 aliphatic heterocycles. The molecule has 0 aliphatic carbocycles. The van der Waals surface area contributed by atoms with E-state index in [0.29, 0.717) is 16.8 Å². The van der Waals surface area contributed by atoms with Gasteiger partial charge in [0, 0.05) is 16.3 Å². The predicted molar refractivity (Wildman–Crippen MR) is 137 cm³/mol. The standard InChI is InChI=1S/C25H23N3O4S2/c1-13-11-17(15(3)27(13)23-20(24(31)32-5)14(2)16(4)34-23)12-19-21(29)26-25(33)28(22(19)30)18-9-7-6-8-10-18/h6-12H,1-5H3,(H,26,29,33)/b19-12+. The van der Waals surface area contributed by atoms with Gasteiger partial charge in [0.05, 0.1) is 18.4 Å². The average Bonchev–Trinajstić information content (AvgIpc) is 3.25. The number of para-hydroxylation sites is 1. The lowest BCUT2D eigenvalue weighted by atomic mass is 10.1. The van der Waals surface area contributed by atoms with Gasteiger partial charge in [-0.25, -0.2) is 4.79 Å². The Balaban J connectivity index is 1.82. The molecule has 0 saturated carbocycles. The Bertz CT molecular complexity index is 1380. The van der Waals surface area contributed by atoms with Gasteiger partial charge in [0.25, 0.3) is 11.8 Å². The molecule has 1 saturated heterocycles. The van der Waals surface area contributed by atoms with Crippen LogP contribution in [0.4, 0.5) is 5.69 Å². The van der Waals surface area contributed by atoms with Crippen LogP contribution in [0.25, 0.3) is 11.1 Å². The van der Waals surface area contributed by atoms with Crippen molar-refractivity contribution in [3.05, 3.63) is 74.9 Å². The maximum atomic E-state index is 13.3. The molecule has 7 nitrogen and oxygen atoms in total. The molecule has 34 heavy (non-hydrogen) atoms. The van der Waals surface area contributed by atoms with Crippen molar-refractivity contribution in [2.45, 2.75) is 27.7 Å². The Morgan fingerprint density at radius 1 is 1.12 bits per heavy atom. The largest absolute Gasteiger partial charge is 0.465 e. The van der Waals surface area contributed by atoms with Crippen molar-refractivity contribution < 1.29 is 19.1 Å². The summed E-state index contributed by atoms with van der Waals surface area (Å²) in [5, 5.41) is 3.39. The summed E-state index contributed by atoms with van der Waals surface area (Å²) < 4.78 is 6.97. The molecule has 1 N–H and O–H groups in total. The summed E-state index contributed by atoms with van der Waals surface area (Å²) in [5.41, 5.74) is 4.26. The lowest BCUT2D eigenvalue weighted by Crippen LogP contribution is -2.54. The molecule has 1 aromatic carbocycles. The number of thiocarbonyl (C=S) groups is 1. The smallest absolute Gasteiger partial charge is 0.341 e. The maximum Gasteiger partial charge on any atom is 0.341 e. The van der Waals surface area contributed by atoms with Gasteiger partial charge in [-0.1, -0.05) is 18.2 Å². The Morgan fingerprint density at radius 3 is 2.44 bits per heavy atom. The van der Waals surface area contributed by atoms with Gasteiger partial charge < -0.3 is 9.30 Å². The van der Waals surface area contributed by atoms with E-state index in [1.54, 1.807) is 30.3 Å². The van der Waals surface area contributed by atoms with Crippen LogP contribution in [0.1, 0.15) is 37.7 Å². The van der Waals surface area contributed by atoms with E-state index >= 15 is 0 Å². The van der Waals surface area contributed by atoms with Crippen LogP contribution in [-0.4, -0.2) is 34.6 Å². The summed E-state index contributed by atoms with van der Waals surface area (Å²) >= 11 is 6.75. The predicted octanol–water partition coefficient (Wildman–Crippen LogP) is 4.39. The molecule has 9 heteroatoms. The number of thiophene rings is 1. The van der Waals surface area contributed by atoms with Crippen LogP contribution >= 0.6 is 23.6 Å². The van der Waals surface area contributed by atoms with Crippen molar-refractivity contribution in [3.8, 4) is 5.00 Å². The molecule has 0 atom stereocenters. The number of esters is 1. The number of aryl methyl sites for hydroxylation is 2. The molecule has 2 aromatic heterocycles. The van der Waals surface area contributed by atoms with Gasteiger partial charge in [-0.05, 0) is 75.3 Å². The number of benzene rings is 1. The summed E-state index contributed by atoms with van der Waals surface area (Å²) in [7, 11) is 1.36. The summed E-state index contributed by atoms with van der Waals surface area (Å²) in [6, 6.07) is 10.8. The van der Waals surface area contributed by atoms with E-state index in [1.807, 2.05) is 44.4 Å². The molecule has 1 aliphatic rings. The minimum Gasteiger partial charge on any atom is -0.465 e. The normalized spacial score (nSPS) is 15.1. The monoisotopic (exact) mass is 493 g/mol. The fourth-order valence-corrected chi connectivity index (χ4v) is 5.52. The molecule has 0 spiro atoms. The van der Waals surface area contributed by atoms with Crippen LogP contribution < -0.4 is 10.2 Å². The zero-order valence-electron chi connectivity index (χ0n) is 19.4. The zero-order valence-corrected chi connectivity index (χ0v) is 21.0. The summed E-state index contributed by atoms with van der Waals surface area (Å²) in [4.78, 5) is 40.9. The van der Waals surface area contributed by atoms with Crippen molar-refractivity contribution in [2.75, 3.05) is 12.0 Å². The molecule has 0 unspecified atom stereocenters. The third-order valence-corrected chi connectivity index (χ3v) is 7.32. The lowest BCUT2D eigenvalue weighted by Gasteiger charge is -2.28. The summed E-state index contributed by atoms with van der Waals surface area (Å²) in [6.07, 6.45) is 1.57. The van der Waals surface area contributed by atoms with Gasteiger partial charge in [-0.3, -0.25) is 19.8 Å². The fourth-order valence-electron chi connectivity index (χ4n) is 3.98. The number of aromatic nitrogens is 1. The topological polar surface area (TPSA) is 80.6 Å². The van der Waals surface area contributed by atoms with Gasteiger partial charge in [-0.15, -0.1) is 11.3 Å². The number of amides is 2. The first-order valence-electron chi connectivity index (χ1n) is 10.5. The highest BCUT2D eigenvalue weighted by atomic mass is 32.1.